The van der Waals surface area contributed by atoms with Gasteiger partial charge in [0.05, 0.1) is 5.69 Å². The molecule has 0 aliphatic carbocycles. The lowest BCUT2D eigenvalue weighted by Crippen LogP contribution is -2.26. The van der Waals surface area contributed by atoms with Crippen LogP contribution in [0.15, 0.2) is 30.3 Å². The molecule has 1 N–H and O–H groups in total. The molecule has 0 atom stereocenters. The van der Waals surface area contributed by atoms with Gasteiger partial charge in [-0.1, -0.05) is 35.9 Å². The van der Waals surface area contributed by atoms with Crippen molar-refractivity contribution in [2.45, 2.75) is 19.8 Å². The number of carbonyl (C=O) groups is 1. The van der Waals surface area contributed by atoms with E-state index in [1.165, 1.54) is 11.8 Å². The van der Waals surface area contributed by atoms with E-state index in [0.717, 1.165) is 53.9 Å². The normalized spacial score (nSPS) is 15.2. The maximum Gasteiger partial charge on any atom is 0.223 e. The molecule has 4 nitrogen and oxygen atoms in total. The highest BCUT2D eigenvalue weighted by molar-refractivity contribution is 7.15. The smallest absolute Gasteiger partial charge is 0.223 e. The summed E-state index contributed by atoms with van der Waals surface area (Å²) in [5.41, 5.74) is 2.29. The van der Waals surface area contributed by atoms with E-state index in [1.54, 1.807) is 11.3 Å². The van der Waals surface area contributed by atoms with Gasteiger partial charge in [-0.25, -0.2) is 4.98 Å². The Bertz CT molecular complexity index is 714. The highest BCUT2D eigenvalue weighted by Crippen LogP contribution is 2.26. The number of amides is 1. The van der Waals surface area contributed by atoms with E-state index >= 15 is 0 Å². The molecule has 3 rings (SSSR count). The Labute approximate surface area is 151 Å². The number of rotatable bonds is 4. The number of nitrogens with zero attached hydrogens (tertiary/aromatic N) is 2. The van der Waals surface area contributed by atoms with Crippen LogP contribution in [0.4, 0.5) is 5.13 Å². The number of carbonyl (C=O) groups excluding carboxylic acids is 1. The summed E-state index contributed by atoms with van der Waals surface area (Å²) in [6.45, 7) is 4.44. The number of hydrogen-bond acceptors (Lipinski definition) is 4. The molecule has 0 saturated carbocycles. The first-order valence-corrected chi connectivity index (χ1v) is 9.20. The van der Waals surface area contributed by atoms with Crippen molar-refractivity contribution in [1.82, 2.24) is 9.88 Å². The molecule has 6 heteroatoms. The summed E-state index contributed by atoms with van der Waals surface area (Å²) in [4.78, 5) is 19.4. The maximum atomic E-state index is 11.1. The molecule has 1 aliphatic rings. The minimum atomic E-state index is -0.0622. The van der Waals surface area contributed by atoms with Crippen LogP contribution in [0.25, 0.3) is 6.08 Å². The second-order valence-corrected chi connectivity index (χ2v) is 7.34. The van der Waals surface area contributed by atoms with Gasteiger partial charge in [-0.3, -0.25) is 9.69 Å². The number of anilines is 1. The van der Waals surface area contributed by atoms with Crippen LogP contribution in [0.1, 0.15) is 23.1 Å². The Kier molecular flexibility index (Phi) is 5.66. The minimum Gasteiger partial charge on any atom is -0.302 e. The van der Waals surface area contributed by atoms with E-state index in [4.69, 9.17) is 11.6 Å². The zero-order chi connectivity index (χ0) is 16.9. The van der Waals surface area contributed by atoms with Gasteiger partial charge < -0.3 is 5.32 Å². The first-order chi connectivity index (χ1) is 11.6. The van der Waals surface area contributed by atoms with Crippen molar-refractivity contribution in [3.8, 4) is 0 Å². The molecule has 1 aromatic heterocycles. The Morgan fingerprint density at radius 1 is 1.33 bits per heavy atom. The van der Waals surface area contributed by atoms with Crippen LogP contribution in [-0.2, 0) is 17.6 Å². The highest BCUT2D eigenvalue weighted by atomic mass is 35.5. The van der Waals surface area contributed by atoms with Gasteiger partial charge in [0.25, 0.3) is 0 Å². The van der Waals surface area contributed by atoms with Crippen molar-refractivity contribution in [1.29, 1.82) is 0 Å². The van der Waals surface area contributed by atoms with Crippen molar-refractivity contribution in [2.24, 2.45) is 0 Å². The van der Waals surface area contributed by atoms with Crippen LogP contribution in [0.2, 0.25) is 5.02 Å². The molecule has 1 aliphatic heterocycles. The molecular formula is C18H20ClN3OS. The Morgan fingerprint density at radius 2 is 2.08 bits per heavy atom. The van der Waals surface area contributed by atoms with Gasteiger partial charge in [0.1, 0.15) is 0 Å². The second kappa shape index (κ2) is 7.92. The van der Waals surface area contributed by atoms with Crippen molar-refractivity contribution >= 4 is 40.1 Å². The van der Waals surface area contributed by atoms with Crippen molar-refractivity contribution < 1.29 is 4.79 Å². The standard InChI is InChI=1S/C18H20ClN3OS/c1-13(23)20-18-21-16-8-11-22(12-9-17(16)24-18)10-2-3-14-4-6-15(19)7-5-14/h2-7H,8-12H2,1H3,(H,20,21,23)/b3-2+. The average molecular weight is 362 g/mol. The molecule has 0 spiro atoms. The van der Waals surface area contributed by atoms with E-state index in [1.807, 2.05) is 24.3 Å². The number of halogens is 1. The van der Waals surface area contributed by atoms with Gasteiger partial charge >= 0.3 is 0 Å². The number of fused-ring (bicyclic) bond motifs is 1. The van der Waals surface area contributed by atoms with Gasteiger partial charge in [-0.05, 0) is 24.1 Å². The molecule has 1 aromatic carbocycles. The fraction of sp³-hybridized carbons (Fsp3) is 0.333. The first-order valence-electron chi connectivity index (χ1n) is 8.01. The van der Waals surface area contributed by atoms with E-state index < -0.39 is 0 Å². The Balaban J connectivity index is 1.54. The molecule has 0 bridgehead atoms. The van der Waals surface area contributed by atoms with Crippen LogP contribution < -0.4 is 5.32 Å². The molecule has 2 heterocycles. The average Bonchev–Trinajstić information content (AvgIpc) is 2.82. The fourth-order valence-electron chi connectivity index (χ4n) is 2.71. The summed E-state index contributed by atoms with van der Waals surface area (Å²) in [5.74, 6) is -0.0622. The molecule has 126 valence electrons. The summed E-state index contributed by atoms with van der Waals surface area (Å²) in [7, 11) is 0. The monoisotopic (exact) mass is 361 g/mol. The largest absolute Gasteiger partial charge is 0.302 e. The third kappa shape index (κ3) is 4.66. The number of aromatic nitrogens is 1. The van der Waals surface area contributed by atoms with Crippen LogP contribution in [0, 0.1) is 0 Å². The predicted molar refractivity (Wildman–Crippen MR) is 101 cm³/mol. The summed E-state index contributed by atoms with van der Waals surface area (Å²) >= 11 is 7.50. The molecular weight excluding hydrogens is 342 g/mol. The lowest BCUT2D eigenvalue weighted by molar-refractivity contribution is -0.114. The van der Waals surface area contributed by atoms with Crippen LogP contribution in [-0.4, -0.2) is 35.4 Å². The second-order valence-electron chi connectivity index (χ2n) is 5.82. The molecule has 24 heavy (non-hydrogen) atoms. The lowest BCUT2D eigenvalue weighted by atomic mass is 10.2. The van der Waals surface area contributed by atoms with Gasteiger partial charge in [0.2, 0.25) is 5.91 Å². The van der Waals surface area contributed by atoms with Gasteiger partial charge in [0.15, 0.2) is 5.13 Å². The topological polar surface area (TPSA) is 45.2 Å². The SMILES string of the molecule is CC(=O)Nc1nc2c(s1)CCN(C/C=C/c1ccc(Cl)cc1)CC2. The number of benzene rings is 1. The molecule has 0 fully saturated rings. The molecule has 0 unspecified atom stereocenters. The molecule has 0 radical (unpaired) electrons. The Hall–Kier alpha value is -1.69. The number of nitrogens with one attached hydrogen (secondary N) is 1. The van der Waals surface area contributed by atoms with E-state index in [9.17, 15) is 4.79 Å². The lowest BCUT2D eigenvalue weighted by Gasteiger charge is -2.17. The van der Waals surface area contributed by atoms with Gasteiger partial charge in [-0.15, -0.1) is 11.3 Å². The van der Waals surface area contributed by atoms with Crippen LogP contribution >= 0.6 is 22.9 Å². The molecule has 0 saturated heterocycles. The summed E-state index contributed by atoms with van der Waals surface area (Å²) in [6, 6.07) is 7.85. The van der Waals surface area contributed by atoms with Crippen molar-refractivity contribution in [3.05, 3.63) is 51.5 Å². The molecule has 2 aromatic rings. The van der Waals surface area contributed by atoms with Gasteiger partial charge in [-0.2, -0.15) is 0 Å². The third-order valence-corrected chi connectivity index (χ3v) is 5.25. The summed E-state index contributed by atoms with van der Waals surface area (Å²) in [5, 5.41) is 4.27. The van der Waals surface area contributed by atoms with Crippen molar-refractivity contribution in [3.63, 3.8) is 0 Å². The zero-order valence-electron chi connectivity index (χ0n) is 13.6. The first kappa shape index (κ1) is 17.1. The predicted octanol–water partition coefficient (Wildman–Crippen LogP) is 3.87. The van der Waals surface area contributed by atoms with Crippen LogP contribution in [0.3, 0.4) is 0 Å². The minimum absolute atomic E-state index is 0.0622. The summed E-state index contributed by atoms with van der Waals surface area (Å²) < 4.78 is 0. The van der Waals surface area contributed by atoms with E-state index in [-0.39, 0.29) is 5.91 Å². The third-order valence-electron chi connectivity index (χ3n) is 3.93. The van der Waals surface area contributed by atoms with Crippen molar-refractivity contribution in [2.75, 3.05) is 25.0 Å². The van der Waals surface area contributed by atoms with Gasteiger partial charge in [0, 0.05) is 42.9 Å². The van der Waals surface area contributed by atoms with E-state index in [2.05, 4.69) is 27.4 Å². The number of thiazole rings is 1. The fourth-order valence-corrected chi connectivity index (χ4v) is 3.88. The van der Waals surface area contributed by atoms with E-state index in [0.29, 0.717) is 0 Å². The zero-order valence-corrected chi connectivity index (χ0v) is 15.2. The van der Waals surface area contributed by atoms with Crippen LogP contribution in [0.5, 0.6) is 0 Å². The quantitative estimate of drug-likeness (QED) is 0.899. The maximum absolute atomic E-state index is 11.1. The molecule has 1 amide bonds. The highest BCUT2D eigenvalue weighted by Gasteiger charge is 2.17. The summed E-state index contributed by atoms with van der Waals surface area (Å²) in [6.07, 6.45) is 6.24. The Morgan fingerprint density at radius 3 is 2.83 bits per heavy atom. The number of hydrogen-bond donors (Lipinski definition) is 1.